The summed E-state index contributed by atoms with van der Waals surface area (Å²) in [5.74, 6) is -0.296. The van der Waals surface area contributed by atoms with Crippen molar-refractivity contribution in [3.63, 3.8) is 0 Å². The number of nitrogens with zero attached hydrogens (tertiary/aromatic N) is 1. The number of halogens is 2. The Morgan fingerprint density at radius 3 is 2.59 bits per heavy atom. The Morgan fingerprint density at radius 2 is 1.90 bits per heavy atom. The van der Waals surface area contributed by atoms with Gasteiger partial charge in [0.1, 0.15) is 0 Å². The quantitative estimate of drug-likeness (QED) is 0.706. The summed E-state index contributed by atoms with van der Waals surface area (Å²) < 4.78 is 0. The zero-order chi connectivity index (χ0) is 21.0. The van der Waals surface area contributed by atoms with Crippen LogP contribution in [-0.4, -0.2) is 28.8 Å². The number of nitrogens with two attached hydrogens (primary N) is 1. The molecular formula is C22H25Cl2N3O2. The van der Waals surface area contributed by atoms with E-state index in [4.69, 9.17) is 28.9 Å². The highest BCUT2D eigenvalue weighted by Gasteiger charge is 2.29. The van der Waals surface area contributed by atoms with Crippen molar-refractivity contribution in [2.45, 2.75) is 51.2 Å². The molecule has 1 aliphatic carbocycles. The van der Waals surface area contributed by atoms with Crippen molar-refractivity contribution in [1.29, 1.82) is 0 Å². The number of carbonyl (C=O) groups is 2. The molecule has 2 atom stereocenters. The van der Waals surface area contributed by atoms with Gasteiger partial charge in [-0.3, -0.25) is 9.59 Å². The van der Waals surface area contributed by atoms with Crippen LogP contribution < -0.4 is 11.1 Å². The van der Waals surface area contributed by atoms with E-state index < -0.39 is 0 Å². The Labute approximate surface area is 181 Å². The predicted octanol–water partition coefficient (Wildman–Crippen LogP) is 4.86. The van der Waals surface area contributed by atoms with Crippen LogP contribution in [0, 0.1) is 0 Å². The Balaban J connectivity index is 1.79. The summed E-state index contributed by atoms with van der Waals surface area (Å²) in [6, 6.07) is 12.0. The first kappa shape index (κ1) is 21.6. The van der Waals surface area contributed by atoms with Crippen LogP contribution in [0.4, 0.5) is 5.69 Å². The molecule has 2 aromatic carbocycles. The molecule has 2 aromatic rings. The number of nitrogens with one attached hydrogen (secondary N) is 1. The lowest BCUT2D eigenvalue weighted by atomic mass is 9.89. The van der Waals surface area contributed by atoms with Crippen molar-refractivity contribution in [2.75, 3.05) is 5.32 Å². The zero-order valence-electron chi connectivity index (χ0n) is 16.3. The van der Waals surface area contributed by atoms with Gasteiger partial charge in [-0.25, -0.2) is 0 Å². The van der Waals surface area contributed by atoms with Crippen molar-refractivity contribution >= 4 is 40.7 Å². The topological polar surface area (TPSA) is 75.4 Å². The lowest BCUT2D eigenvalue weighted by Gasteiger charge is -2.38. The fourth-order valence-electron chi connectivity index (χ4n) is 3.78. The molecule has 0 spiro atoms. The fraction of sp³-hybridized carbons (Fsp3) is 0.364. The highest BCUT2D eigenvalue weighted by molar-refractivity contribution is 6.31. The lowest BCUT2D eigenvalue weighted by molar-refractivity contribution is -0.133. The molecule has 0 aliphatic heterocycles. The summed E-state index contributed by atoms with van der Waals surface area (Å²) in [4.78, 5) is 26.6. The molecule has 0 heterocycles. The molecule has 3 rings (SSSR count). The molecule has 29 heavy (non-hydrogen) atoms. The summed E-state index contributed by atoms with van der Waals surface area (Å²) >= 11 is 12.4. The van der Waals surface area contributed by atoms with Crippen molar-refractivity contribution in [3.05, 3.63) is 63.6 Å². The molecule has 0 aromatic heterocycles. The molecule has 0 saturated heterocycles. The summed E-state index contributed by atoms with van der Waals surface area (Å²) in [5.41, 5.74) is 8.12. The number of benzene rings is 2. The normalized spacial score (nSPS) is 18.9. The van der Waals surface area contributed by atoms with Gasteiger partial charge in [0.05, 0.1) is 0 Å². The number of hydrogen-bond donors (Lipinski definition) is 2. The number of hydrogen-bond acceptors (Lipinski definition) is 3. The van der Waals surface area contributed by atoms with Gasteiger partial charge in [0.15, 0.2) is 0 Å². The number of rotatable bonds is 5. The average Bonchev–Trinajstić information content (AvgIpc) is 2.69. The van der Waals surface area contributed by atoms with Crippen molar-refractivity contribution in [2.24, 2.45) is 5.73 Å². The van der Waals surface area contributed by atoms with Gasteiger partial charge in [-0.2, -0.15) is 0 Å². The van der Waals surface area contributed by atoms with Gasteiger partial charge in [-0.15, -0.1) is 0 Å². The summed E-state index contributed by atoms with van der Waals surface area (Å²) in [6.45, 7) is 1.91. The van der Waals surface area contributed by atoms with Crippen LogP contribution in [0.3, 0.4) is 0 Å². The van der Waals surface area contributed by atoms with E-state index in [0.29, 0.717) is 27.8 Å². The van der Waals surface area contributed by atoms with Gasteiger partial charge in [-0.1, -0.05) is 42.1 Å². The van der Waals surface area contributed by atoms with E-state index in [1.165, 1.54) is 0 Å². The minimum Gasteiger partial charge on any atom is -0.334 e. The number of amides is 2. The Hall–Kier alpha value is -2.08. The van der Waals surface area contributed by atoms with E-state index in [-0.39, 0.29) is 23.9 Å². The smallest absolute Gasteiger partial charge is 0.255 e. The molecule has 154 valence electrons. The van der Waals surface area contributed by atoms with Crippen LogP contribution in [0.25, 0.3) is 0 Å². The third-order valence-electron chi connectivity index (χ3n) is 5.32. The molecule has 0 bridgehead atoms. The minimum absolute atomic E-state index is 0.00187. The molecule has 0 radical (unpaired) electrons. The molecule has 5 nitrogen and oxygen atoms in total. The van der Waals surface area contributed by atoms with Crippen molar-refractivity contribution in [1.82, 2.24) is 4.90 Å². The molecular weight excluding hydrogens is 409 g/mol. The lowest BCUT2D eigenvalue weighted by Crippen LogP contribution is -2.51. The number of anilines is 1. The maximum absolute atomic E-state index is 12.5. The highest BCUT2D eigenvalue weighted by Crippen LogP contribution is 2.27. The highest BCUT2D eigenvalue weighted by atomic mass is 35.5. The van der Waals surface area contributed by atoms with Crippen LogP contribution in [0.5, 0.6) is 0 Å². The van der Waals surface area contributed by atoms with E-state index in [9.17, 15) is 9.59 Å². The third kappa shape index (κ3) is 5.50. The Kier molecular flexibility index (Phi) is 7.17. The van der Waals surface area contributed by atoms with Crippen LogP contribution in [0.1, 0.15) is 48.5 Å². The van der Waals surface area contributed by atoms with Gasteiger partial charge in [0.2, 0.25) is 5.91 Å². The molecule has 2 amide bonds. The molecule has 1 aliphatic rings. The minimum atomic E-state index is -0.265. The first-order valence-electron chi connectivity index (χ1n) is 9.73. The first-order chi connectivity index (χ1) is 13.8. The average molecular weight is 434 g/mol. The second kappa shape index (κ2) is 9.61. The molecule has 2 unspecified atom stereocenters. The van der Waals surface area contributed by atoms with E-state index in [2.05, 4.69) is 5.32 Å². The SMILES string of the molecule is CC(=O)N(Cc1cc(NC(=O)c2cccc(Cl)c2)ccc1Cl)C1CCCCC1N. The van der Waals surface area contributed by atoms with Crippen LogP contribution in [-0.2, 0) is 11.3 Å². The third-order valence-corrected chi connectivity index (χ3v) is 5.92. The van der Waals surface area contributed by atoms with Crippen LogP contribution >= 0.6 is 23.2 Å². The summed E-state index contributed by atoms with van der Waals surface area (Å²) in [7, 11) is 0. The maximum atomic E-state index is 12.5. The Morgan fingerprint density at radius 1 is 1.14 bits per heavy atom. The first-order valence-corrected chi connectivity index (χ1v) is 10.5. The van der Waals surface area contributed by atoms with Gasteiger partial charge in [0, 0.05) is 46.8 Å². The second-order valence-corrected chi connectivity index (χ2v) is 8.28. The zero-order valence-corrected chi connectivity index (χ0v) is 17.8. The molecule has 7 heteroatoms. The van der Waals surface area contributed by atoms with Gasteiger partial charge in [0.25, 0.3) is 5.91 Å². The standard InChI is InChI=1S/C22H25Cl2N3O2/c1-14(28)27(21-8-3-2-7-20(21)25)13-16-12-18(9-10-19(16)24)26-22(29)15-5-4-6-17(23)11-15/h4-6,9-12,20-21H,2-3,7-8,13,25H2,1H3,(H,26,29). The molecule has 1 fully saturated rings. The van der Waals surface area contributed by atoms with Crippen molar-refractivity contribution < 1.29 is 9.59 Å². The van der Waals surface area contributed by atoms with Gasteiger partial charge < -0.3 is 16.0 Å². The van der Waals surface area contributed by atoms with Crippen LogP contribution in [0.2, 0.25) is 10.0 Å². The van der Waals surface area contributed by atoms with Crippen LogP contribution in [0.15, 0.2) is 42.5 Å². The largest absolute Gasteiger partial charge is 0.334 e. The van der Waals surface area contributed by atoms with Gasteiger partial charge >= 0.3 is 0 Å². The molecule has 3 N–H and O–H groups in total. The predicted molar refractivity (Wildman–Crippen MR) is 117 cm³/mol. The number of carbonyl (C=O) groups excluding carboxylic acids is 2. The summed E-state index contributed by atoms with van der Waals surface area (Å²) in [5, 5.41) is 3.90. The maximum Gasteiger partial charge on any atom is 0.255 e. The van der Waals surface area contributed by atoms with Crippen molar-refractivity contribution in [3.8, 4) is 0 Å². The summed E-state index contributed by atoms with van der Waals surface area (Å²) in [6.07, 6.45) is 3.96. The molecule has 1 saturated carbocycles. The second-order valence-electron chi connectivity index (χ2n) is 7.43. The fourth-order valence-corrected chi connectivity index (χ4v) is 4.15. The monoisotopic (exact) mass is 433 g/mol. The van der Waals surface area contributed by atoms with E-state index in [1.807, 2.05) is 0 Å². The Bertz CT molecular complexity index is 903. The van der Waals surface area contributed by atoms with E-state index >= 15 is 0 Å². The van der Waals surface area contributed by atoms with Gasteiger partial charge in [-0.05, 0) is 54.8 Å². The van der Waals surface area contributed by atoms with E-state index in [1.54, 1.807) is 54.3 Å². The van der Waals surface area contributed by atoms with E-state index in [0.717, 1.165) is 31.2 Å².